The summed E-state index contributed by atoms with van der Waals surface area (Å²) < 4.78 is 38.1. The van der Waals surface area contributed by atoms with Crippen LogP contribution in [-0.4, -0.2) is 38.1 Å². The molecule has 4 nitrogen and oxygen atoms in total. The molecule has 1 atom stereocenters. The van der Waals surface area contributed by atoms with Crippen molar-refractivity contribution in [2.45, 2.75) is 17.7 Å². The Morgan fingerprint density at radius 2 is 1.76 bits per heavy atom. The zero-order valence-corrected chi connectivity index (χ0v) is 14.6. The molecular formula is C19H20FNO3S. The van der Waals surface area contributed by atoms with Gasteiger partial charge in [0.15, 0.2) is 9.84 Å². The molecule has 0 N–H and O–H groups in total. The van der Waals surface area contributed by atoms with Crippen molar-refractivity contribution < 1.29 is 17.6 Å². The van der Waals surface area contributed by atoms with Gasteiger partial charge in [-0.3, -0.25) is 4.79 Å². The standard InChI is InChI=1S/C19H20FNO3S/c20-17-10-8-16(9-11-17)19(22)21-12-4-5-15(13-21)14-25(23,24)18-6-2-1-3-7-18/h1-3,6-11,15H,4-5,12-14H2. The largest absolute Gasteiger partial charge is 0.338 e. The molecule has 0 aromatic heterocycles. The summed E-state index contributed by atoms with van der Waals surface area (Å²) in [4.78, 5) is 14.5. The molecule has 6 heteroatoms. The smallest absolute Gasteiger partial charge is 0.253 e. The van der Waals surface area contributed by atoms with Crippen molar-refractivity contribution in [3.63, 3.8) is 0 Å². The third-order valence-electron chi connectivity index (χ3n) is 4.45. The molecule has 1 unspecified atom stereocenters. The number of benzene rings is 2. The summed E-state index contributed by atoms with van der Waals surface area (Å²) in [6.07, 6.45) is 1.54. The van der Waals surface area contributed by atoms with Crippen molar-refractivity contribution in [3.8, 4) is 0 Å². The molecule has 0 radical (unpaired) electrons. The van der Waals surface area contributed by atoms with Crippen LogP contribution in [0.1, 0.15) is 23.2 Å². The molecule has 1 amide bonds. The Balaban J connectivity index is 1.69. The highest BCUT2D eigenvalue weighted by Gasteiger charge is 2.28. The van der Waals surface area contributed by atoms with Gasteiger partial charge in [0.05, 0.1) is 10.6 Å². The predicted molar refractivity (Wildman–Crippen MR) is 93.5 cm³/mol. The van der Waals surface area contributed by atoms with Gasteiger partial charge in [-0.05, 0) is 55.2 Å². The van der Waals surface area contributed by atoms with Gasteiger partial charge in [-0.15, -0.1) is 0 Å². The Hall–Kier alpha value is -2.21. The quantitative estimate of drug-likeness (QED) is 0.841. The van der Waals surface area contributed by atoms with E-state index in [0.717, 1.165) is 12.8 Å². The first-order chi connectivity index (χ1) is 12.0. The SMILES string of the molecule is O=C(c1ccc(F)cc1)N1CCCC(CS(=O)(=O)c2ccccc2)C1. The normalized spacial score (nSPS) is 18.1. The van der Waals surface area contributed by atoms with E-state index in [0.29, 0.717) is 23.5 Å². The van der Waals surface area contributed by atoms with Crippen LogP contribution in [0.3, 0.4) is 0 Å². The van der Waals surface area contributed by atoms with Crippen LogP contribution in [0.25, 0.3) is 0 Å². The van der Waals surface area contributed by atoms with E-state index in [-0.39, 0.29) is 23.4 Å². The lowest BCUT2D eigenvalue weighted by atomic mass is 9.99. The number of carbonyl (C=O) groups excluding carboxylic acids is 1. The Kier molecular flexibility index (Phi) is 5.18. The van der Waals surface area contributed by atoms with Gasteiger partial charge in [-0.25, -0.2) is 12.8 Å². The second-order valence-corrected chi connectivity index (χ2v) is 8.40. The number of hydrogen-bond donors (Lipinski definition) is 0. The van der Waals surface area contributed by atoms with Crippen LogP contribution in [0.4, 0.5) is 4.39 Å². The van der Waals surface area contributed by atoms with Crippen LogP contribution in [0.2, 0.25) is 0 Å². The monoisotopic (exact) mass is 361 g/mol. The molecule has 1 aliphatic heterocycles. The number of carbonyl (C=O) groups is 1. The Morgan fingerprint density at radius 3 is 2.44 bits per heavy atom. The molecular weight excluding hydrogens is 341 g/mol. The first-order valence-corrected chi connectivity index (χ1v) is 9.93. The highest BCUT2D eigenvalue weighted by molar-refractivity contribution is 7.91. The number of piperidine rings is 1. The number of amides is 1. The van der Waals surface area contributed by atoms with Crippen LogP contribution < -0.4 is 0 Å². The summed E-state index contributed by atoms with van der Waals surface area (Å²) in [5, 5.41) is 0. The first-order valence-electron chi connectivity index (χ1n) is 8.28. The van der Waals surface area contributed by atoms with E-state index in [1.807, 2.05) is 0 Å². The molecule has 0 bridgehead atoms. The highest BCUT2D eigenvalue weighted by Crippen LogP contribution is 2.23. The van der Waals surface area contributed by atoms with Gasteiger partial charge in [-0.2, -0.15) is 0 Å². The van der Waals surface area contributed by atoms with Crippen LogP contribution in [0.5, 0.6) is 0 Å². The molecule has 0 spiro atoms. The van der Waals surface area contributed by atoms with Crippen molar-refractivity contribution in [2.24, 2.45) is 5.92 Å². The molecule has 2 aromatic rings. The molecule has 2 aromatic carbocycles. The van der Waals surface area contributed by atoms with Crippen molar-refractivity contribution in [2.75, 3.05) is 18.8 Å². The molecule has 1 heterocycles. The van der Waals surface area contributed by atoms with Crippen molar-refractivity contribution >= 4 is 15.7 Å². The summed E-state index contributed by atoms with van der Waals surface area (Å²) >= 11 is 0. The van der Waals surface area contributed by atoms with Crippen LogP contribution in [-0.2, 0) is 9.84 Å². The van der Waals surface area contributed by atoms with Gasteiger partial charge in [0, 0.05) is 18.7 Å². The van der Waals surface area contributed by atoms with E-state index in [9.17, 15) is 17.6 Å². The minimum atomic E-state index is -3.37. The van der Waals surface area contributed by atoms with Gasteiger partial charge >= 0.3 is 0 Å². The van der Waals surface area contributed by atoms with E-state index in [1.165, 1.54) is 24.3 Å². The van der Waals surface area contributed by atoms with Crippen LogP contribution in [0, 0.1) is 11.7 Å². The van der Waals surface area contributed by atoms with Crippen molar-refractivity contribution in [1.29, 1.82) is 0 Å². The fraction of sp³-hybridized carbons (Fsp3) is 0.316. The molecule has 25 heavy (non-hydrogen) atoms. The van der Waals surface area contributed by atoms with Gasteiger partial charge in [0.1, 0.15) is 5.82 Å². The number of hydrogen-bond acceptors (Lipinski definition) is 3. The Morgan fingerprint density at radius 1 is 1.08 bits per heavy atom. The summed E-state index contributed by atoms with van der Waals surface area (Å²) in [6, 6.07) is 13.8. The van der Waals surface area contributed by atoms with E-state index >= 15 is 0 Å². The number of rotatable bonds is 4. The second-order valence-electron chi connectivity index (χ2n) is 6.36. The summed E-state index contributed by atoms with van der Waals surface area (Å²) in [6.45, 7) is 1.00. The maximum absolute atomic E-state index is 13.0. The van der Waals surface area contributed by atoms with Crippen molar-refractivity contribution in [1.82, 2.24) is 4.90 Å². The molecule has 132 valence electrons. The highest BCUT2D eigenvalue weighted by atomic mass is 32.2. The maximum atomic E-state index is 13.0. The maximum Gasteiger partial charge on any atom is 0.253 e. The second kappa shape index (κ2) is 7.35. The number of halogens is 1. The van der Waals surface area contributed by atoms with Gasteiger partial charge in [0.25, 0.3) is 5.91 Å². The van der Waals surface area contributed by atoms with E-state index < -0.39 is 9.84 Å². The molecule has 1 aliphatic rings. The predicted octanol–water partition coefficient (Wildman–Crippen LogP) is 3.15. The summed E-state index contributed by atoms with van der Waals surface area (Å²) in [7, 11) is -3.37. The average molecular weight is 361 g/mol. The Labute approximate surface area is 147 Å². The molecule has 0 aliphatic carbocycles. The third-order valence-corrected chi connectivity index (χ3v) is 6.36. The van der Waals surface area contributed by atoms with Gasteiger partial charge < -0.3 is 4.90 Å². The molecule has 1 saturated heterocycles. The lowest BCUT2D eigenvalue weighted by molar-refractivity contribution is 0.0684. The number of nitrogens with zero attached hydrogens (tertiary/aromatic N) is 1. The summed E-state index contributed by atoms with van der Waals surface area (Å²) in [5.74, 6) is -0.628. The van der Waals surface area contributed by atoms with Crippen LogP contribution >= 0.6 is 0 Å². The zero-order valence-electron chi connectivity index (χ0n) is 13.8. The number of sulfone groups is 1. The van der Waals surface area contributed by atoms with E-state index in [2.05, 4.69) is 0 Å². The van der Waals surface area contributed by atoms with Gasteiger partial charge in [0.2, 0.25) is 0 Å². The average Bonchev–Trinajstić information content (AvgIpc) is 2.62. The Bertz CT molecular complexity index is 835. The third kappa shape index (κ3) is 4.25. The fourth-order valence-electron chi connectivity index (χ4n) is 3.19. The first kappa shape index (κ1) is 17.6. The van der Waals surface area contributed by atoms with E-state index in [4.69, 9.17) is 0 Å². The van der Waals surface area contributed by atoms with Crippen LogP contribution in [0.15, 0.2) is 59.5 Å². The minimum absolute atomic E-state index is 0.0320. The summed E-state index contributed by atoms with van der Waals surface area (Å²) in [5.41, 5.74) is 0.424. The molecule has 1 fully saturated rings. The number of likely N-dealkylation sites (tertiary alicyclic amines) is 1. The van der Waals surface area contributed by atoms with Crippen molar-refractivity contribution in [3.05, 3.63) is 66.0 Å². The molecule has 3 rings (SSSR count). The van der Waals surface area contributed by atoms with E-state index in [1.54, 1.807) is 35.2 Å². The topological polar surface area (TPSA) is 54.5 Å². The molecule has 0 saturated carbocycles. The zero-order chi connectivity index (χ0) is 17.9. The lowest BCUT2D eigenvalue weighted by Crippen LogP contribution is -2.41. The lowest BCUT2D eigenvalue weighted by Gasteiger charge is -2.32. The fourth-order valence-corrected chi connectivity index (χ4v) is 4.85. The minimum Gasteiger partial charge on any atom is -0.338 e. The van der Waals surface area contributed by atoms with Gasteiger partial charge in [-0.1, -0.05) is 18.2 Å².